The summed E-state index contributed by atoms with van der Waals surface area (Å²) in [5.41, 5.74) is 1.10. The van der Waals surface area contributed by atoms with E-state index in [1.54, 1.807) is 12.1 Å². The molecule has 8 nitrogen and oxygen atoms in total. The van der Waals surface area contributed by atoms with E-state index in [4.69, 9.17) is 4.98 Å². The van der Waals surface area contributed by atoms with E-state index in [2.05, 4.69) is 20.4 Å². The Bertz CT molecular complexity index is 1410. The van der Waals surface area contributed by atoms with Gasteiger partial charge in [-0.1, -0.05) is 12.1 Å². The Balaban J connectivity index is 0.795. The minimum Gasteiger partial charge on any atom is -0.323 e. The van der Waals surface area contributed by atoms with Crippen LogP contribution in [0.25, 0.3) is 10.9 Å². The van der Waals surface area contributed by atoms with E-state index in [9.17, 15) is 18.0 Å². The quantitative estimate of drug-likeness (QED) is 0.510. The molecule has 3 aromatic rings. The number of aromatic nitrogens is 5. The Kier molecular flexibility index (Phi) is 4.51. The number of benzene rings is 1. The number of fused-ring (bicyclic) bond motifs is 1. The van der Waals surface area contributed by atoms with Gasteiger partial charge in [0.05, 0.1) is 5.52 Å². The Morgan fingerprint density at radius 2 is 1.63 bits per heavy atom. The summed E-state index contributed by atoms with van der Waals surface area (Å²) in [7, 11) is 0. The molecule has 5 aliphatic rings. The van der Waals surface area contributed by atoms with Crippen molar-refractivity contribution in [2.75, 3.05) is 26.2 Å². The smallest absolute Gasteiger partial charge is 0.323 e. The summed E-state index contributed by atoms with van der Waals surface area (Å²) >= 11 is 0. The second-order valence-electron chi connectivity index (χ2n) is 12.9. The molecule has 2 saturated heterocycles. The Morgan fingerprint density at radius 3 is 2.29 bits per heavy atom. The van der Waals surface area contributed by atoms with E-state index < -0.39 is 11.9 Å². The van der Waals surface area contributed by atoms with Gasteiger partial charge < -0.3 is 9.80 Å². The Morgan fingerprint density at radius 1 is 0.947 bits per heavy atom. The highest BCUT2D eigenvalue weighted by Crippen LogP contribution is 2.57. The maximum absolute atomic E-state index is 13.1. The Hall–Kier alpha value is -3.11. The maximum atomic E-state index is 13.1. The average Bonchev–Trinajstić information content (AvgIpc) is 3.33. The molecule has 8 rings (SSSR count). The highest BCUT2D eigenvalue weighted by Gasteiger charge is 2.58. The van der Waals surface area contributed by atoms with Gasteiger partial charge in [0, 0.05) is 54.2 Å². The molecular weight excluding hydrogens is 495 g/mol. The first kappa shape index (κ1) is 22.8. The number of halogens is 3. The van der Waals surface area contributed by atoms with Gasteiger partial charge in [-0.2, -0.15) is 23.4 Å². The predicted octanol–water partition coefficient (Wildman–Crippen LogP) is 4.83. The van der Waals surface area contributed by atoms with Crippen molar-refractivity contribution >= 4 is 16.9 Å². The molecular formula is C27H30F3N7O. The standard InChI is InChI=1S/C27H30F3N7O/c28-27(29,30)21-19-4-1-15(6-20(19)32-33-21)5-16-7-25(8-16)11-36(12-25)24(38)37-13-26(14-37)9-18(10-26)23-31-22(34-35-23)17-2-3-17/h1,4,6,16-18H,2-3,5,7-14H2,(H,32,33)(H,31,34,35). The van der Waals surface area contributed by atoms with Crippen LogP contribution in [0.3, 0.4) is 0 Å². The summed E-state index contributed by atoms with van der Waals surface area (Å²) in [6.07, 6.45) is 3.11. The number of carbonyl (C=O) groups is 1. The molecule has 4 heterocycles. The van der Waals surface area contributed by atoms with Gasteiger partial charge in [-0.3, -0.25) is 10.2 Å². The van der Waals surface area contributed by atoms with Crippen molar-refractivity contribution in [1.29, 1.82) is 0 Å². The van der Waals surface area contributed by atoms with Gasteiger partial charge in [0.25, 0.3) is 0 Å². The van der Waals surface area contributed by atoms with Gasteiger partial charge in [0.1, 0.15) is 5.82 Å². The van der Waals surface area contributed by atoms with Crippen LogP contribution >= 0.6 is 0 Å². The molecule has 200 valence electrons. The molecule has 1 aromatic carbocycles. The molecule has 0 unspecified atom stereocenters. The molecule has 0 atom stereocenters. The van der Waals surface area contributed by atoms with Crippen molar-refractivity contribution in [1.82, 2.24) is 35.2 Å². The number of urea groups is 1. The molecule has 2 aromatic heterocycles. The van der Waals surface area contributed by atoms with Gasteiger partial charge in [-0.05, 0) is 62.5 Å². The lowest BCUT2D eigenvalue weighted by Crippen LogP contribution is -2.70. The van der Waals surface area contributed by atoms with Gasteiger partial charge in [-0.25, -0.2) is 9.78 Å². The summed E-state index contributed by atoms with van der Waals surface area (Å²) in [5.74, 6) is 3.53. The van der Waals surface area contributed by atoms with Crippen molar-refractivity contribution in [2.45, 2.75) is 63.0 Å². The number of carbonyl (C=O) groups excluding carboxylic acids is 1. The molecule has 5 fully saturated rings. The lowest BCUT2D eigenvalue weighted by molar-refractivity contribution is -0.139. The van der Waals surface area contributed by atoms with Gasteiger partial charge in [0.2, 0.25) is 0 Å². The number of nitrogens with zero attached hydrogens (tertiary/aromatic N) is 5. The van der Waals surface area contributed by atoms with E-state index in [1.807, 2.05) is 9.80 Å². The van der Waals surface area contributed by atoms with Crippen LogP contribution in [0.1, 0.15) is 73.3 Å². The number of hydrogen-bond donors (Lipinski definition) is 2. The SMILES string of the molecule is O=C(N1CC2(CC(Cc3ccc4c(C(F)(F)F)n[nH]c4c3)C2)C1)N1CC2(CC(c3nc(C4CC4)n[nH]3)C2)C1. The number of hydrogen-bond acceptors (Lipinski definition) is 4. The van der Waals surface area contributed by atoms with E-state index in [-0.39, 0.29) is 22.2 Å². The largest absolute Gasteiger partial charge is 0.435 e. The molecule has 2 spiro atoms. The van der Waals surface area contributed by atoms with Crippen molar-refractivity contribution in [3.8, 4) is 0 Å². The third-order valence-electron chi connectivity index (χ3n) is 9.72. The van der Waals surface area contributed by atoms with Crippen LogP contribution in [0.5, 0.6) is 0 Å². The third-order valence-corrected chi connectivity index (χ3v) is 9.72. The number of nitrogens with one attached hydrogen (secondary N) is 2. The monoisotopic (exact) mass is 525 g/mol. The number of amides is 2. The zero-order valence-corrected chi connectivity index (χ0v) is 21.0. The first-order valence-electron chi connectivity index (χ1n) is 13.7. The fourth-order valence-corrected chi connectivity index (χ4v) is 7.74. The van der Waals surface area contributed by atoms with Gasteiger partial charge >= 0.3 is 12.2 Å². The minimum absolute atomic E-state index is 0.116. The van der Waals surface area contributed by atoms with E-state index >= 15 is 0 Å². The number of likely N-dealkylation sites (tertiary alicyclic amines) is 2. The zero-order chi connectivity index (χ0) is 25.9. The van der Waals surface area contributed by atoms with Crippen molar-refractivity contribution in [2.24, 2.45) is 16.7 Å². The van der Waals surface area contributed by atoms with E-state index in [0.29, 0.717) is 23.3 Å². The van der Waals surface area contributed by atoms with E-state index in [1.165, 1.54) is 18.9 Å². The second kappa shape index (κ2) is 7.51. The van der Waals surface area contributed by atoms with Crippen LogP contribution in [0.15, 0.2) is 18.2 Å². The van der Waals surface area contributed by atoms with Gasteiger partial charge in [0.15, 0.2) is 11.5 Å². The first-order valence-corrected chi connectivity index (χ1v) is 13.7. The topological polar surface area (TPSA) is 93.8 Å². The molecule has 2 N–H and O–H groups in total. The van der Waals surface area contributed by atoms with Gasteiger partial charge in [-0.15, -0.1) is 0 Å². The summed E-state index contributed by atoms with van der Waals surface area (Å²) in [4.78, 5) is 21.7. The van der Waals surface area contributed by atoms with Crippen molar-refractivity contribution in [3.63, 3.8) is 0 Å². The second-order valence-corrected chi connectivity index (χ2v) is 12.9. The molecule has 11 heteroatoms. The fraction of sp³-hybridized carbons (Fsp3) is 0.630. The highest BCUT2D eigenvalue weighted by atomic mass is 19.4. The first-order chi connectivity index (χ1) is 18.2. The zero-order valence-electron chi connectivity index (χ0n) is 21.0. The normalized spacial score (nSPS) is 24.4. The summed E-state index contributed by atoms with van der Waals surface area (Å²) < 4.78 is 39.2. The summed E-state index contributed by atoms with van der Waals surface area (Å²) in [5, 5.41) is 13.6. The van der Waals surface area contributed by atoms with Crippen LogP contribution in [0, 0.1) is 16.7 Å². The molecule has 2 aliphatic heterocycles. The van der Waals surface area contributed by atoms with E-state index in [0.717, 1.165) is 75.5 Å². The van der Waals surface area contributed by atoms with Crippen LogP contribution in [-0.4, -0.2) is 67.4 Å². The third kappa shape index (κ3) is 3.56. The highest BCUT2D eigenvalue weighted by molar-refractivity contribution is 5.82. The predicted molar refractivity (Wildman–Crippen MR) is 131 cm³/mol. The summed E-state index contributed by atoms with van der Waals surface area (Å²) in [6.45, 7) is 3.35. The number of alkyl halides is 3. The van der Waals surface area contributed by atoms with Crippen LogP contribution < -0.4 is 0 Å². The van der Waals surface area contributed by atoms with Crippen molar-refractivity contribution < 1.29 is 18.0 Å². The number of aromatic amines is 2. The summed E-state index contributed by atoms with van der Waals surface area (Å²) in [6, 6.07) is 5.27. The molecule has 3 saturated carbocycles. The number of rotatable bonds is 4. The minimum atomic E-state index is -4.46. The van der Waals surface area contributed by atoms with Crippen LogP contribution in [0.4, 0.5) is 18.0 Å². The number of H-pyrrole nitrogens is 2. The van der Waals surface area contributed by atoms with Crippen LogP contribution in [0.2, 0.25) is 0 Å². The maximum Gasteiger partial charge on any atom is 0.435 e. The molecule has 0 bridgehead atoms. The molecule has 2 amide bonds. The molecule has 3 aliphatic carbocycles. The van der Waals surface area contributed by atoms with Crippen LogP contribution in [-0.2, 0) is 12.6 Å². The average molecular weight is 526 g/mol. The molecule has 38 heavy (non-hydrogen) atoms. The fourth-order valence-electron chi connectivity index (χ4n) is 7.74. The lowest BCUT2D eigenvalue weighted by atomic mass is 9.56. The Labute approximate surface area is 217 Å². The van der Waals surface area contributed by atoms with Crippen molar-refractivity contribution in [3.05, 3.63) is 41.1 Å². The molecule has 0 radical (unpaired) electrons. The lowest BCUT2D eigenvalue weighted by Gasteiger charge is -2.63.